The molecule has 0 saturated heterocycles. The number of imidazole rings is 1. The highest BCUT2D eigenvalue weighted by molar-refractivity contribution is 6.02. The molecule has 0 unspecified atom stereocenters. The molecule has 1 aromatic carbocycles. The smallest absolute Gasteiger partial charge is 0.170 e. The first kappa shape index (κ1) is 22.0. The molecular weight excluding hydrogens is 446 g/mol. The molecule has 176 valence electrons. The van der Waals surface area contributed by atoms with E-state index in [1.807, 2.05) is 79.3 Å². The summed E-state index contributed by atoms with van der Waals surface area (Å²) in [5.41, 5.74) is 6.72. The zero-order valence-corrected chi connectivity index (χ0v) is 20.2. The number of carbonyl (C=O) groups excluding carboxylic acids is 1. The third-order valence-corrected chi connectivity index (χ3v) is 6.80. The van der Waals surface area contributed by atoms with Gasteiger partial charge in [0.25, 0.3) is 0 Å². The van der Waals surface area contributed by atoms with E-state index in [2.05, 4.69) is 23.2 Å². The molecule has 0 atom stereocenters. The Bertz CT molecular complexity index is 1510. The molecule has 1 aliphatic carbocycles. The number of aromatic nitrogens is 5. The predicted octanol–water partition coefficient (Wildman–Crippen LogP) is 6.21. The maximum atomic E-state index is 12.8. The molecule has 0 amide bonds. The summed E-state index contributed by atoms with van der Waals surface area (Å²) in [7, 11) is 0. The van der Waals surface area contributed by atoms with Gasteiger partial charge in [0.15, 0.2) is 5.78 Å². The van der Waals surface area contributed by atoms with Crippen LogP contribution in [-0.2, 0) is 6.42 Å². The van der Waals surface area contributed by atoms with Gasteiger partial charge in [0.1, 0.15) is 12.1 Å². The third-order valence-electron chi connectivity index (χ3n) is 6.80. The average Bonchev–Trinajstić information content (AvgIpc) is 3.42. The van der Waals surface area contributed by atoms with Crippen molar-refractivity contribution < 1.29 is 4.79 Å². The molecule has 4 heterocycles. The van der Waals surface area contributed by atoms with Crippen LogP contribution in [0.3, 0.4) is 0 Å². The minimum Gasteiger partial charge on any atom is -0.294 e. The molecule has 5 aromatic rings. The van der Waals surface area contributed by atoms with Gasteiger partial charge in [-0.2, -0.15) is 0 Å². The molecule has 6 rings (SSSR count). The van der Waals surface area contributed by atoms with Gasteiger partial charge in [-0.1, -0.05) is 44.2 Å². The summed E-state index contributed by atoms with van der Waals surface area (Å²) < 4.78 is 1.91. The molecule has 4 aromatic heterocycles. The topological polar surface area (TPSA) is 73.6 Å². The Balaban J connectivity index is 1.40. The van der Waals surface area contributed by atoms with E-state index in [1.165, 1.54) is 0 Å². The highest BCUT2D eigenvalue weighted by Gasteiger charge is 2.34. The van der Waals surface area contributed by atoms with Crippen LogP contribution < -0.4 is 0 Å². The zero-order valence-electron chi connectivity index (χ0n) is 20.2. The normalized spacial score (nSPS) is 14.4. The Kier molecular flexibility index (Phi) is 5.29. The molecule has 1 aliphatic rings. The van der Waals surface area contributed by atoms with E-state index in [9.17, 15) is 4.79 Å². The van der Waals surface area contributed by atoms with E-state index in [4.69, 9.17) is 15.0 Å². The molecule has 6 nitrogen and oxygen atoms in total. The lowest BCUT2D eigenvalue weighted by molar-refractivity contribution is 0.0809. The van der Waals surface area contributed by atoms with Crippen LogP contribution >= 0.6 is 0 Å². The first-order valence-corrected chi connectivity index (χ1v) is 12.1. The maximum absolute atomic E-state index is 12.8. The van der Waals surface area contributed by atoms with Crippen molar-refractivity contribution in [1.82, 2.24) is 24.5 Å². The monoisotopic (exact) mass is 471 g/mol. The quantitative estimate of drug-likeness (QED) is 0.311. The van der Waals surface area contributed by atoms with Crippen molar-refractivity contribution in [1.29, 1.82) is 0 Å². The van der Waals surface area contributed by atoms with Crippen molar-refractivity contribution in [2.45, 2.75) is 26.7 Å². The SMILES string of the molecule is CC1(C)CCc2nc(-n3cnc(-c4cc(-c5ccccc5)nc(-c5cccnc5)c4)c3)ccc2C1=O. The average molecular weight is 472 g/mol. The number of benzene rings is 1. The largest absolute Gasteiger partial charge is 0.294 e. The van der Waals surface area contributed by atoms with E-state index in [1.54, 1.807) is 12.5 Å². The molecule has 36 heavy (non-hydrogen) atoms. The minimum absolute atomic E-state index is 0.169. The fourth-order valence-corrected chi connectivity index (χ4v) is 4.63. The number of hydrogen-bond donors (Lipinski definition) is 0. The number of hydrogen-bond acceptors (Lipinski definition) is 5. The Morgan fingerprint density at radius 2 is 1.61 bits per heavy atom. The van der Waals surface area contributed by atoms with Crippen LogP contribution in [0, 0.1) is 5.41 Å². The summed E-state index contributed by atoms with van der Waals surface area (Å²) in [5, 5.41) is 0. The molecule has 0 fully saturated rings. The Morgan fingerprint density at radius 1 is 0.833 bits per heavy atom. The van der Waals surface area contributed by atoms with Crippen molar-refractivity contribution in [2.75, 3.05) is 0 Å². The van der Waals surface area contributed by atoms with Crippen LogP contribution in [0.25, 0.3) is 39.6 Å². The number of Topliss-reactive ketones (excluding diaryl/α,β-unsaturated/α-hetero) is 1. The lowest BCUT2D eigenvalue weighted by Crippen LogP contribution is -2.31. The molecule has 0 spiro atoms. The van der Waals surface area contributed by atoms with Crippen LogP contribution in [0.2, 0.25) is 0 Å². The summed E-state index contributed by atoms with van der Waals surface area (Å²) in [6.45, 7) is 4.01. The van der Waals surface area contributed by atoms with Gasteiger partial charge >= 0.3 is 0 Å². The second-order valence-corrected chi connectivity index (χ2v) is 9.78. The van der Waals surface area contributed by atoms with Crippen LogP contribution in [0.5, 0.6) is 0 Å². The van der Waals surface area contributed by atoms with Crippen LogP contribution in [0.15, 0.2) is 91.6 Å². The Morgan fingerprint density at radius 3 is 2.39 bits per heavy atom. The highest BCUT2D eigenvalue weighted by atomic mass is 16.1. The lowest BCUT2D eigenvalue weighted by Gasteiger charge is -2.29. The fourth-order valence-electron chi connectivity index (χ4n) is 4.63. The van der Waals surface area contributed by atoms with E-state index in [-0.39, 0.29) is 11.2 Å². The van der Waals surface area contributed by atoms with Gasteiger partial charge in [-0.25, -0.2) is 15.0 Å². The van der Waals surface area contributed by atoms with E-state index in [0.29, 0.717) is 0 Å². The summed E-state index contributed by atoms with van der Waals surface area (Å²) >= 11 is 0. The number of carbonyl (C=O) groups is 1. The van der Waals surface area contributed by atoms with Crippen molar-refractivity contribution in [2.24, 2.45) is 5.41 Å². The second-order valence-electron chi connectivity index (χ2n) is 9.78. The van der Waals surface area contributed by atoms with Gasteiger partial charge in [0.05, 0.1) is 22.8 Å². The van der Waals surface area contributed by atoms with Gasteiger partial charge in [-0.3, -0.25) is 14.3 Å². The summed E-state index contributed by atoms with van der Waals surface area (Å²) in [4.78, 5) is 31.5. The number of nitrogens with zero attached hydrogens (tertiary/aromatic N) is 5. The number of rotatable bonds is 4. The van der Waals surface area contributed by atoms with E-state index < -0.39 is 0 Å². The van der Waals surface area contributed by atoms with Gasteiger partial charge in [-0.05, 0) is 49.2 Å². The van der Waals surface area contributed by atoms with E-state index in [0.717, 1.165) is 63.7 Å². The molecule has 0 bridgehead atoms. The summed E-state index contributed by atoms with van der Waals surface area (Å²) in [5.74, 6) is 0.923. The fraction of sp³-hybridized carbons (Fsp3) is 0.167. The molecule has 0 aliphatic heterocycles. The van der Waals surface area contributed by atoms with Crippen LogP contribution in [-0.4, -0.2) is 30.3 Å². The number of aryl methyl sites for hydroxylation is 1. The Hall–Kier alpha value is -4.45. The predicted molar refractivity (Wildman–Crippen MR) is 140 cm³/mol. The van der Waals surface area contributed by atoms with Crippen LogP contribution in [0.1, 0.15) is 36.3 Å². The van der Waals surface area contributed by atoms with Gasteiger partial charge < -0.3 is 0 Å². The van der Waals surface area contributed by atoms with Crippen LogP contribution in [0.4, 0.5) is 0 Å². The highest BCUT2D eigenvalue weighted by Crippen LogP contribution is 2.34. The molecule has 0 N–H and O–H groups in total. The first-order valence-electron chi connectivity index (χ1n) is 12.1. The van der Waals surface area contributed by atoms with Crippen molar-refractivity contribution >= 4 is 5.78 Å². The molecule has 6 heteroatoms. The van der Waals surface area contributed by atoms with E-state index >= 15 is 0 Å². The molecule has 0 saturated carbocycles. The number of fused-ring (bicyclic) bond motifs is 1. The first-order chi connectivity index (χ1) is 17.5. The number of ketones is 1. The second kappa shape index (κ2) is 8.64. The van der Waals surface area contributed by atoms with Crippen molar-refractivity contribution in [3.8, 4) is 39.6 Å². The van der Waals surface area contributed by atoms with Gasteiger partial charge in [0, 0.05) is 46.3 Å². The number of pyridine rings is 3. The van der Waals surface area contributed by atoms with Gasteiger partial charge in [-0.15, -0.1) is 0 Å². The minimum atomic E-state index is -0.331. The maximum Gasteiger partial charge on any atom is 0.170 e. The lowest BCUT2D eigenvalue weighted by atomic mass is 9.75. The van der Waals surface area contributed by atoms with Crippen molar-refractivity contribution in [3.05, 3.63) is 103 Å². The van der Waals surface area contributed by atoms with Gasteiger partial charge in [0.2, 0.25) is 0 Å². The molecular formula is C30H25N5O. The third kappa shape index (κ3) is 4.01. The summed E-state index contributed by atoms with van der Waals surface area (Å²) in [6.07, 6.45) is 8.92. The zero-order chi connectivity index (χ0) is 24.7. The summed E-state index contributed by atoms with van der Waals surface area (Å²) in [6, 6.07) is 21.9. The van der Waals surface area contributed by atoms with Crippen molar-refractivity contribution in [3.63, 3.8) is 0 Å². The standard InChI is InChI=1S/C30H25N5O/c1-30(2)13-12-24-23(29(30)36)10-11-28(34-24)35-18-27(32-19-35)22-15-25(20-7-4-3-5-8-20)33-26(16-22)21-9-6-14-31-17-21/h3-11,14-19H,12-13H2,1-2H3. The Labute approximate surface area is 209 Å². The molecule has 0 radical (unpaired) electrons.